The highest BCUT2D eigenvalue weighted by molar-refractivity contribution is 7.20. The quantitative estimate of drug-likeness (QED) is 0.430. The molecule has 3 aromatic heterocycles. The molecule has 3 heterocycles. The van der Waals surface area contributed by atoms with Crippen molar-refractivity contribution in [2.24, 2.45) is 0 Å². The van der Waals surface area contributed by atoms with E-state index in [1.807, 2.05) is 42.8 Å². The Hall–Kier alpha value is -2.25. The number of Topliss-reactive ketones (excluding diaryl/α,β-unsaturated/α-hetero) is 1. The molecule has 5 nitrogen and oxygen atoms in total. The normalized spacial score (nSPS) is 13.7. The van der Waals surface area contributed by atoms with Crippen LogP contribution >= 0.6 is 22.7 Å². The van der Waals surface area contributed by atoms with Crippen molar-refractivity contribution in [2.75, 3.05) is 6.61 Å². The number of rotatable bonds is 7. The summed E-state index contributed by atoms with van der Waals surface area (Å²) in [6, 6.07) is 6.40. The molecule has 0 aliphatic heterocycles. The van der Waals surface area contributed by atoms with Crippen molar-refractivity contribution in [3.63, 3.8) is 0 Å². The third kappa shape index (κ3) is 3.89. The second kappa shape index (κ2) is 7.40. The summed E-state index contributed by atoms with van der Waals surface area (Å²) in [5, 5.41) is 4.76. The minimum Gasteiger partial charge on any atom is -0.457 e. The van der Waals surface area contributed by atoms with Crippen molar-refractivity contribution in [2.45, 2.75) is 39.2 Å². The molecular formula is C20H20N2O3S2. The lowest BCUT2D eigenvalue weighted by atomic mass is 10.1. The van der Waals surface area contributed by atoms with Crippen LogP contribution in [-0.4, -0.2) is 27.9 Å². The van der Waals surface area contributed by atoms with Gasteiger partial charge in [-0.15, -0.1) is 22.7 Å². The van der Waals surface area contributed by atoms with Gasteiger partial charge in [-0.2, -0.15) is 0 Å². The smallest absolute Gasteiger partial charge is 0.312 e. The lowest BCUT2D eigenvalue weighted by molar-refractivity contribution is -0.141. The van der Waals surface area contributed by atoms with Crippen LogP contribution in [-0.2, 0) is 16.0 Å². The average molecular weight is 401 g/mol. The molecule has 0 N–H and O–H groups in total. The molecule has 0 atom stereocenters. The van der Waals surface area contributed by atoms with E-state index < -0.39 is 5.97 Å². The molecule has 1 aliphatic carbocycles. The average Bonchev–Trinajstić information content (AvgIpc) is 3.05. The lowest BCUT2D eigenvalue weighted by Gasteiger charge is -2.07. The highest BCUT2D eigenvalue weighted by atomic mass is 32.1. The van der Waals surface area contributed by atoms with Crippen LogP contribution in [0, 0.1) is 13.8 Å². The number of aryl methyl sites for hydroxylation is 1. The van der Waals surface area contributed by atoms with Crippen LogP contribution in [0.1, 0.15) is 46.3 Å². The van der Waals surface area contributed by atoms with E-state index in [1.54, 1.807) is 11.3 Å². The Balaban J connectivity index is 1.34. The summed E-state index contributed by atoms with van der Waals surface area (Å²) < 4.78 is 7.43. The van der Waals surface area contributed by atoms with E-state index in [-0.39, 0.29) is 18.8 Å². The lowest BCUT2D eigenvalue weighted by Crippen LogP contribution is -2.16. The summed E-state index contributed by atoms with van der Waals surface area (Å²) in [7, 11) is 0. The molecule has 0 unspecified atom stereocenters. The third-order valence-electron chi connectivity index (χ3n) is 4.67. The van der Waals surface area contributed by atoms with Gasteiger partial charge in [0.2, 0.25) is 5.78 Å². The fourth-order valence-corrected chi connectivity index (χ4v) is 4.91. The van der Waals surface area contributed by atoms with Gasteiger partial charge < -0.3 is 9.30 Å². The zero-order chi connectivity index (χ0) is 19.0. The second-order valence-electron chi connectivity index (χ2n) is 6.77. The van der Waals surface area contributed by atoms with Crippen LogP contribution in [0.3, 0.4) is 0 Å². The van der Waals surface area contributed by atoms with Gasteiger partial charge in [0.25, 0.3) is 0 Å². The first-order valence-electron chi connectivity index (χ1n) is 8.88. The summed E-state index contributed by atoms with van der Waals surface area (Å²) in [5.74, 6) is -0.580. The number of thiophene rings is 1. The van der Waals surface area contributed by atoms with Gasteiger partial charge in [0.1, 0.15) is 5.01 Å². The zero-order valence-corrected chi connectivity index (χ0v) is 16.9. The minimum atomic E-state index is -0.428. The molecule has 1 aliphatic rings. The summed E-state index contributed by atoms with van der Waals surface area (Å²) in [6.45, 7) is 3.75. The minimum absolute atomic E-state index is 0.0796. The highest BCUT2D eigenvalue weighted by Gasteiger charge is 2.28. The van der Waals surface area contributed by atoms with Crippen LogP contribution in [0.15, 0.2) is 29.0 Å². The van der Waals surface area contributed by atoms with E-state index in [4.69, 9.17) is 4.74 Å². The molecule has 1 fully saturated rings. The Morgan fingerprint density at radius 2 is 2.11 bits per heavy atom. The molecule has 4 rings (SSSR count). The van der Waals surface area contributed by atoms with E-state index in [0.29, 0.717) is 17.3 Å². The van der Waals surface area contributed by atoms with Crippen LogP contribution < -0.4 is 0 Å². The van der Waals surface area contributed by atoms with Gasteiger partial charge in [-0.25, -0.2) is 4.98 Å². The Bertz CT molecular complexity index is 981. The number of carbonyl (C=O) groups is 2. The summed E-state index contributed by atoms with van der Waals surface area (Å²) in [6.07, 6.45) is 2.41. The van der Waals surface area contributed by atoms with Gasteiger partial charge in [0, 0.05) is 28.4 Å². The number of aromatic nitrogens is 2. The maximum Gasteiger partial charge on any atom is 0.312 e. The Morgan fingerprint density at radius 3 is 2.81 bits per heavy atom. The first kappa shape index (κ1) is 18.1. The van der Waals surface area contributed by atoms with Gasteiger partial charge in [-0.3, -0.25) is 9.59 Å². The standard InChI is InChI=1S/C20H20N2O3S2/c1-12-8-16(13(2)22(12)15-5-6-15)17(23)10-25-19(24)9-14-11-27-20(21-14)18-4-3-7-26-18/h3-4,7-8,11,15H,5-6,9-10H2,1-2H3. The summed E-state index contributed by atoms with van der Waals surface area (Å²) in [5.41, 5.74) is 3.39. The van der Waals surface area contributed by atoms with E-state index in [1.165, 1.54) is 24.2 Å². The highest BCUT2D eigenvalue weighted by Crippen LogP contribution is 2.38. The first-order chi connectivity index (χ1) is 13.0. The predicted octanol–water partition coefficient (Wildman–Crippen LogP) is 4.59. The molecule has 3 aromatic rings. The zero-order valence-electron chi connectivity index (χ0n) is 15.2. The maximum atomic E-state index is 12.5. The number of hydrogen-bond donors (Lipinski definition) is 0. The van der Waals surface area contributed by atoms with Crippen LogP contribution in [0.4, 0.5) is 0 Å². The van der Waals surface area contributed by atoms with Crippen molar-refractivity contribution in [3.05, 3.63) is 51.6 Å². The predicted molar refractivity (Wildman–Crippen MR) is 107 cm³/mol. The van der Waals surface area contributed by atoms with Crippen molar-refractivity contribution in [1.29, 1.82) is 0 Å². The Morgan fingerprint density at radius 1 is 1.30 bits per heavy atom. The van der Waals surface area contributed by atoms with Crippen LogP contribution in [0.2, 0.25) is 0 Å². The SMILES string of the molecule is Cc1cc(C(=O)COC(=O)Cc2csc(-c3cccs3)n2)c(C)n1C1CC1. The monoisotopic (exact) mass is 400 g/mol. The molecule has 0 spiro atoms. The number of nitrogens with zero attached hydrogens (tertiary/aromatic N) is 2. The van der Waals surface area contributed by atoms with E-state index in [9.17, 15) is 9.59 Å². The van der Waals surface area contributed by atoms with E-state index in [2.05, 4.69) is 9.55 Å². The molecule has 0 aromatic carbocycles. The molecular weight excluding hydrogens is 380 g/mol. The van der Waals surface area contributed by atoms with Gasteiger partial charge >= 0.3 is 5.97 Å². The van der Waals surface area contributed by atoms with Gasteiger partial charge in [-0.05, 0) is 44.2 Å². The molecule has 0 amide bonds. The third-order valence-corrected chi connectivity index (χ3v) is 6.60. The van der Waals surface area contributed by atoms with E-state index in [0.717, 1.165) is 21.3 Å². The fourth-order valence-electron chi connectivity index (χ4n) is 3.28. The number of hydrogen-bond acceptors (Lipinski definition) is 6. The number of esters is 1. The fraction of sp³-hybridized carbons (Fsp3) is 0.350. The van der Waals surface area contributed by atoms with Crippen molar-refractivity contribution in [3.8, 4) is 9.88 Å². The molecule has 27 heavy (non-hydrogen) atoms. The van der Waals surface area contributed by atoms with Crippen molar-refractivity contribution >= 4 is 34.4 Å². The Kier molecular flexibility index (Phi) is 4.97. The molecule has 0 saturated heterocycles. The number of ketones is 1. The maximum absolute atomic E-state index is 12.5. The van der Waals surface area contributed by atoms with E-state index >= 15 is 0 Å². The van der Waals surface area contributed by atoms with Crippen LogP contribution in [0.5, 0.6) is 0 Å². The van der Waals surface area contributed by atoms with Crippen LogP contribution in [0.25, 0.3) is 9.88 Å². The number of ether oxygens (including phenoxy) is 1. The largest absolute Gasteiger partial charge is 0.457 e. The topological polar surface area (TPSA) is 61.2 Å². The number of carbonyl (C=O) groups excluding carboxylic acids is 2. The molecule has 0 radical (unpaired) electrons. The summed E-state index contributed by atoms with van der Waals surface area (Å²) >= 11 is 3.12. The molecule has 7 heteroatoms. The molecule has 140 valence electrons. The van der Waals surface area contributed by atoms with Gasteiger partial charge in [-0.1, -0.05) is 6.07 Å². The van der Waals surface area contributed by atoms with Crippen molar-refractivity contribution < 1.29 is 14.3 Å². The first-order valence-corrected chi connectivity index (χ1v) is 10.6. The summed E-state index contributed by atoms with van der Waals surface area (Å²) in [4.78, 5) is 30.2. The van der Waals surface area contributed by atoms with Gasteiger partial charge in [0.15, 0.2) is 6.61 Å². The molecule has 0 bridgehead atoms. The van der Waals surface area contributed by atoms with Gasteiger partial charge in [0.05, 0.1) is 17.0 Å². The Labute approximate surface area is 165 Å². The second-order valence-corrected chi connectivity index (χ2v) is 8.57. The molecule has 1 saturated carbocycles. The van der Waals surface area contributed by atoms with Crippen molar-refractivity contribution in [1.82, 2.24) is 9.55 Å². The number of thiazole rings is 1.